The van der Waals surface area contributed by atoms with E-state index in [1.807, 2.05) is 16.7 Å². The van der Waals surface area contributed by atoms with E-state index in [0.717, 1.165) is 10.9 Å². The Balaban J connectivity index is 1.63. The molecule has 4 aromatic rings. The highest BCUT2D eigenvalue weighted by Gasteiger charge is 2.36. The van der Waals surface area contributed by atoms with Gasteiger partial charge in [0.15, 0.2) is 5.43 Å². The highest BCUT2D eigenvalue weighted by Crippen LogP contribution is 2.34. The maximum atomic E-state index is 13.4. The van der Waals surface area contributed by atoms with Crippen molar-refractivity contribution in [1.29, 1.82) is 5.26 Å². The quantitative estimate of drug-likeness (QED) is 0.519. The van der Waals surface area contributed by atoms with Crippen LogP contribution in [0.25, 0.3) is 21.9 Å². The fourth-order valence-corrected chi connectivity index (χ4v) is 6.18. The number of aromatic amines is 1. The van der Waals surface area contributed by atoms with E-state index in [1.54, 1.807) is 30.7 Å². The smallest absolute Gasteiger partial charge is 0.244 e. The van der Waals surface area contributed by atoms with Gasteiger partial charge in [-0.2, -0.15) is 9.57 Å². The van der Waals surface area contributed by atoms with Crippen LogP contribution in [0, 0.1) is 17.2 Å². The Morgan fingerprint density at radius 1 is 1.19 bits per heavy atom. The molecule has 1 N–H and O–H groups in total. The molecule has 0 amide bonds. The number of nitrogens with zero attached hydrogens (tertiary/aromatic N) is 4. The van der Waals surface area contributed by atoms with Crippen LogP contribution in [0.3, 0.4) is 0 Å². The van der Waals surface area contributed by atoms with Crippen molar-refractivity contribution in [2.24, 2.45) is 5.92 Å². The first-order chi connectivity index (χ1) is 15.4. The van der Waals surface area contributed by atoms with Gasteiger partial charge in [0.1, 0.15) is 11.7 Å². The number of sulfonamides is 1. The van der Waals surface area contributed by atoms with Crippen LogP contribution in [0.5, 0.6) is 0 Å². The third-order valence-electron chi connectivity index (χ3n) is 6.33. The summed E-state index contributed by atoms with van der Waals surface area (Å²) in [7, 11) is -3.84. The SMILES string of the molecule is CC1CCN(S(=O)(=O)c2ccccc2C#N)CC1n1ccc(=O)c2cnc3[nH]ccc3c21. The minimum Gasteiger partial charge on any atom is -0.346 e. The molecule has 32 heavy (non-hydrogen) atoms. The van der Waals surface area contributed by atoms with Gasteiger partial charge in [-0.1, -0.05) is 19.1 Å². The molecule has 2 atom stereocenters. The topological polar surface area (TPSA) is 112 Å². The molecule has 0 bridgehead atoms. The van der Waals surface area contributed by atoms with Gasteiger partial charge >= 0.3 is 0 Å². The zero-order valence-electron chi connectivity index (χ0n) is 17.4. The third kappa shape index (κ3) is 3.11. The molecule has 1 aliphatic heterocycles. The van der Waals surface area contributed by atoms with E-state index in [0.29, 0.717) is 24.0 Å². The number of fused-ring (bicyclic) bond motifs is 3. The van der Waals surface area contributed by atoms with Crippen molar-refractivity contribution >= 4 is 32.0 Å². The number of nitrogens with one attached hydrogen (secondary N) is 1. The second kappa shape index (κ2) is 7.58. The van der Waals surface area contributed by atoms with Crippen LogP contribution in [0.15, 0.2) is 64.7 Å². The lowest BCUT2D eigenvalue weighted by atomic mass is 9.94. The average molecular weight is 448 g/mol. The van der Waals surface area contributed by atoms with Crippen molar-refractivity contribution in [3.8, 4) is 6.07 Å². The van der Waals surface area contributed by atoms with Gasteiger partial charge in [-0.25, -0.2) is 13.4 Å². The van der Waals surface area contributed by atoms with Crippen molar-refractivity contribution in [2.45, 2.75) is 24.3 Å². The lowest BCUT2D eigenvalue weighted by Gasteiger charge is -2.38. The second-order valence-electron chi connectivity index (χ2n) is 8.15. The van der Waals surface area contributed by atoms with Gasteiger partial charge in [-0.15, -0.1) is 0 Å². The standard InChI is InChI=1S/C23H21N5O3S/c1-15-7-10-27(32(30,31)21-5-3-2-4-16(21)12-24)14-19(15)28-11-8-20(29)18-13-26-23-17(22(18)28)6-9-25-23/h2-6,8-9,11,13,15,19H,7,10,14H2,1H3,(H,25,26). The number of rotatable bonds is 3. The van der Waals surface area contributed by atoms with Crippen LogP contribution in [0.2, 0.25) is 0 Å². The molecule has 9 heteroatoms. The molecule has 2 unspecified atom stereocenters. The molecule has 0 radical (unpaired) electrons. The van der Waals surface area contributed by atoms with Crippen molar-refractivity contribution < 1.29 is 8.42 Å². The number of hydrogen-bond donors (Lipinski definition) is 1. The van der Waals surface area contributed by atoms with Crippen LogP contribution in [0.4, 0.5) is 0 Å². The number of H-pyrrole nitrogens is 1. The summed E-state index contributed by atoms with van der Waals surface area (Å²) in [6, 6.07) is 11.5. The van der Waals surface area contributed by atoms with E-state index in [4.69, 9.17) is 0 Å². The van der Waals surface area contributed by atoms with Crippen LogP contribution >= 0.6 is 0 Å². The molecule has 1 aromatic carbocycles. The van der Waals surface area contributed by atoms with Crippen LogP contribution < -0.4 is 5.43 Å². The van der Waals surface area contributed by atoms with Gasteiger partial charge in [0.05, 0.1) is 27.4 Å². The van der Waals surface area contributed by atoms with E-state index in [9.17, 15) is 18.5 Å². The molecule has 5 rings (SSSR count). The van der Waals surface area contributed by atoms with Crippen molar-refractivity contribution in [3.05, 3.63) is 70.8 Å². The van der Waals surface area contributed by atoms with Crippen LogP contribution in [-0.2, 0) is 10.0 Å². The molecule has 1 aliphatic rings. The molecular weight excluding hydrogens is 426 g/mol. The summed E-state index contributed by atoms with van der Waals surface area (Å²) in [5.74, 6) is 0.181. The van der Waals surface area contributed by atoms with Gasteiger partial charge in [-0.3, -0.25) is 4.79 Å². The van der Waals surface area contributed by atoms with Crippen LogP contribution in [-0.4, -0.2) is 40.3 Å². The van der Waals surface area contributed by atoms with E-state index in [-0.39, 0.29) is 34.4 Å². The number of pyridine rings is 2. The summed E-state index contributed by atoms with van der Waals surface area (Å²) >= 11 is 0. The largest absolute Gasteiger partial charge is 0.346 e. The van der Waals surface area contributed by atoms with E-state index < -0.39 is 10.0 Å². The predicted molar refractivity (Wildman–Crippen MR) is 121 cm³/mol. The summed E-state index contributed by atoms with van der Waals surface area (Å²) in [5.41, 5.74) is 1.43. The Bertz CT molecular complexity index is 1550. The van der Waals surface area contributed by atoms with E-state index >= 15 is 0 Å². The second-order valence-corrected chi connectivity index (χ2v) is 10.1. The zero-order valence-corrected chi connectivity index (χ0v) is 18.2. The predicted octanol–water partition coefficient (Wildman–Crippen LogP) is 3.02. The first-order valence-corrected chi connectivity index (χ1v) is 11.8. The lowest BCUT2D eigenvalue weighted by Crippen LogP contribution is -2.44. The molecule has 0 saturated carbocycles. The summed E-state index contributed by atoms with van der Waals surface area (Å²) in [5, 5.41) is 10.7. The summed E-state index contributed by atoms with van der Waals surface area (Å²) in [6.45, 7) is 2.71. The number of benzene rings is 1. The highest BCUT2D eigenvalue weighted by atomic mass is 32.2. The minimum atomic E-state index is -3.84. The fourth-order valence-electron chi connectivity index (χ4n) is 4.56. The Kier molecular flexibility index (Phi) is 4.84. The summed E-state index contributed by atoms with van der Waals surface area (Å²) in [4.78, 5) is 20.0. The normalized spacial score (nSPS) is 19.9. The number of aromatic nitrogens is 3. The lowest BCUT2D eigenvalue weighted by molar-refractivity contribution is 0.204. The van der Waals surface area contributed by atoms with Crippen molar-refractivity contribution in [3.63, 3.8) is 0 Å². The molecule has 162 valence electrons. The Labute approximate surface area is 184 Å². The summed E-state index contributed by atoms with van der Waals surface area (Å²) < 4.78 is 30.3. The molecule has 0 aliphatic carbocycles. The first kappa shape index (κ1) is 20.4. The Morgan fingerprint density at radius 2 is 2.00 bits per heavy atom. The maximum Gasteiger partial charge on any atom is 0.244 e. The molecule has 8 nitrogen and oxygen atoms in total. The average Bonchev–Trinajstić information content (AvgIpc) is 3.29. The maximum absolute atomic E-state index is 13.4. The monoisotopic (exact) mass is 447 g/mol. The van der Waals surface area contributed by atoms with E-state index in [1.165, 1.54) is 22.5 Å². The molecule has 3 aromatic heterocycles. The number of nitriles is 1. The van der Waals surface area contributed by atoms with Gasteiger partial charge in [0, 0.05) is 43.1 Å². The molecule has 4 heterocycles. The van der Waals surface area contributed by atoms with E-state index in [2.05, 4.69) is 16.9 Å². The number of piperidine rings is 1. The van der Waals surface area contributed by atoms with Gasteiger partial charge < -0.3 is 9.55 Å². The fraction of sp³-hybridized carbons (Fsp3) is 0.261. The molecule has 1 fully saturated rings. The summed E-state index contributed by atoms with van der Waals surface area (Å²) in [6.07, 6.45) is 5.75. The third-order valence-corrected chi connectivity index (χ3v) is 8.26. The zero-order chi connectivity index (χ0) is 22.5. The van der Waals surface area contributed by atoms with Crippen LogP contribution in [0.1, 0.15) is 24.9 Å². The van der Waals surface area contributed by atoms with Gasteiger partial charge in [-0.05, 0) is 30.5 Å². The minimum absolute atomic E-state index is 0.0257. The van der Waals surface area contributed by atoms with Gasteiger partial charge in [0.2, 0.25) is 10.0 Å². The first-order valence-electron chi connectivity index (χ1n) is 10.4. The van der Waals surface area contributed by atoms with Gasteiger partial charge in [0.25, 0.3) is 0 Å². The molecule has 0 spiro atoms. The Morgan fingerprint density at radius 3 is 2.81 bits per heavy atom. The number of hydrogen-bond acceptors (Lipinski definition) is 5. The Hall–Kier alpha value is -3.48. The van der Waals surface area contributed by atoms with Crippen molar-refractivity contribution in [1.82, 2.24) is 18.8 Å². The molecular formula is C23H21N5O3S. The van der Waals surface area contributed by atoms with Crippen molar-refractivity contribution in [2.75, 3.05) is 13.1 Å². The molecule has 1 saturated heterocycles. The highest BCUT2D eigenvalue weighted by molar-refractivity contribution is 7.89.